The molecule has 0 radical (unpaired) electrons. The second-order valence-corrected chi connectivity index (χ2v) is 3.45. The smallest absolute Gasteiger partial charge is 0.307 e. The monoisotopic (exact) mass is 235 g/mol. The molecule has 0 spiro atoms. The summed E-state index contributed by atoms with van der Waals surface area (Å²) in [7, 11) is 0. The van der Waals surface area contributed by atoms with Crippen LogP contribution in [0.25, 0.3) is 0 Å². The fraction of sp³-hybridized carbons (Fsp3) is 0.444. The number of carbonyl (C=O) groups excluding carboxylic acids is 1. The van der Waals surface area contributed by atoms with Gasteiger partial charge in [0.25, 0.3) is 0 Å². The van der Waals surface area contributed by atoms with Crippen molar-refractivity contribution in [3.05, 3.63) is 22.4 Å². The molecule has 3 nitrogen and oxygen atoms in total. The van der Waals surface area contributed by atoms with Crippen LogP contribution in [-0.4, -0.2) is 12.6 Å². The van der Waals surface area contributed by atoms with E-state index in [0.29, 0.717) is 6.61 Å². The van der Waals surface area contributed by atoms with E-state index in [9.17, 15) is 4.79 Å². The van der Waals surface area contributed by atoms with Crippen LogP contribution in [0.3, 0.4) is 0 Å². The molecule has 1 aromatic rings. The Morgan fingerprint density at radius 3 is 2.93 bits per heavy atom. The first-order valence-electron chi connectivity index (χ1n) is 4.17. The molecule has 1 aromatic heterocycles. The maximum atomic E-state index is 11.0. The van der Waals surface area contributed by atoms with Crippen molar-refractivity contribution < 1.29 is 9.53 Å². The van der Waals surface area contributed by atoms with Gasteiger partial charge in [0.05, 0.1) is 13.0 Å². The average Bonchev–Trinajstić information content (AvgIpc) is 2.55. The van der Waals surface area contributed by atoms with E-state index >= 15 is 0 Å². The molecular weight excluding hydrogens is 222 g/mol. The van der Waals surface area contributed by atoms with E-state index in [4.69, 9.17) is 10.5 Å². The third kappa shape index (κ3) is 4.09. The van der Waals surface area contributed by atoms with Gasteiger partial charge in [-0.1, -0.05) is 0 Å². The fourth-order valence-electron chi connectivity index (χ4n) is 1.00. The molecule has 1 atom stereocenters. The van der Waals surface area contributed by atoms with Crippen LogP contribution < -0.4 is 5.73 Å². The van der Waals surface area contributed by atoms with Crippen LogP contribution in [0.5, 0.6) is 0 Å². The molecule has 0 unspecified atom stereocenters. The molecular formula is C9H14ClNO2S. The van der Waals surface area contributed by atoms with E-state index in [1.807, 2.05) is 16.8 Å². The number of halogens is 1. The molecule has 0 aliphatic heterocycles. The summed E-state index contributed by atoms with van der Waals surface area (Å²) >= 11 is 1.58. The maximum absolute atomic E-state index is 11.0. The third-order valence-corrected chi connectivity index (χ3v) is 2.36. The quantitative estimate of drug-likeness (QED) is 0.814. The van der Waals surface area contributed by atoms with Crippen molar-refractivity contribution in [2.75, 3.05) is 6.61 Å². The van der Waals surface area contributed by atoms with Crippen molar-refractivity contribution in [2.45, 2.75) is 19.4 Å². The Kier molecular flexibility index (Phi) is 6.53. The zero-order chi connectivity index (χ0) is 9.68. The predicted molar refractivity (Wildman–Crippen MR) is 59.7 cm³/mol. The van der Waals surface area contributed by atoms with Crippen LogP contribution in [0.2, 0.25) is 0 Å². The molecule has 1 heterocycles. The van der Waals surface area contributed by atoms with Crippen molar-refractivity contribution in [1.82, 2.24) is 0 Å². The first kappa shape index (κ1) is 13.4. The summed E-state index contributed by atoms with van der Waals surface area (Å²) in [5.74, 6) is -0.235. The Labute approximate surface area is 93.7 Å². The number of rotatable bonds is 4. The number of thiophene rings is 1. The highest BCUT2D eigenvalue weighted by Gasteiger charge is 2.12. The second kappa shape index (κ2) is 6.81. The molecule has 0 fully saturated rings. The Hall–Kier alpha value is -0.580. The van der Waals surface area contributed by atoms with Gasteiger partial charge in [0.15, 0.2) is 0 Å². The summed E-state index contributed by atoms with van der Waals surface area (Å²) in [4.78, 5) is 11.0. The Balaban J connectivity index is 0.00000169. The van der Waals surface area contributed by atoms with Gasteiger partial charge in [0.2, 0.25) is 0 Å². The summed E-state index contributed by atoms with van der Waals surface area (Å²) in [5, 5.41) is 3.89. The van der Waals surface area contributed by atoms with Crippen LogP contribution in [-0.2, 0) is 9.53 Å². The van der Waals surface area contributed by atoms with E-state index in [1.165, 1.54) is 0 Å². The molecule has 1 rings (SSSR count). The normalized spacial score (nSPS) is 11.6. The van der Waals surface area contributed by atoms with Crippen molar-refractivity contribution in [3.8, 4) is 0 Å². The minimum absolute atomic E-state index is 0. The molecule has 80 valence electrons. The topological polar surface area (TPSA) is 52.3 Å². The lowest BCUT2D eigenvalue weighted by molar-refractivity contribution is -0.143. The highest BCUT2D eigenvalue weighted by atomic mass is 35.5. The number of ether oxygens (including phenoxy) is 1. The second-order valence-electron chi connectivity index (χ2n) is 2.67. The predicted octanol–water partition coefficient (Wildman–Crippen LogP) is 2.12. The molecule has 0 saturated carbocycles. The molecule has 2 N–H and O–H groups in total. The summed E-state index contributed by atoms with van der Waals surface area (Å²) in [6, 6.07) is 1.69. The van der Waals surface area contributed by atoms with E-state index in [-0.39, 0.29) is 30.8 Å². The SMILES string of the molecule is CCOC(=O)C[C@H](N)c1ccsc1.Cl. The largest absolute Gasteiger partial charge is 0.466 e. The lowest BCUT2D eigenvalue weighted by atomic mass is 10.1. The Bertz CT molecular complexity index is 264. The molecule has 0 aliphatic carbocycles. The van der Waals surface area contributed by atoms with Crippen molar-refractivity contribution in [3.63, 3.8) is 0 Å². The van der Waals surface area contributed by atoms with Gasteiger partial charge in [-0.25, -0.2) is 0 Å². The van der Waals surface area contributed by atoms with Gasteiger partial charge in [-0.05, 0) is 29.3 Å². The summed E-state index contributed by atoms with van der Waals surface area (Å²) in [5.41, 5.74) is 6.77. The maximum Gasteiger partial charge on any atom is 0.307 e. The molecule has 0 saturated heterocycles. The van der Waals surface area contributed by atoms with Gasteiger partial charge in [0, 0.05) is 6.04 Å². The third-order valence-electron chi connectivity index (χ3n) is 1.66. The fourth-order valence-corrected chi connectivity index (χ4v) is 1.73. The van der Waals surface area contributed by atoms with E-state index in [2.05, 4.69) is 0 Å². The average molecular weight is 236 g/mol. The van der Waals surface area contributed by atoms with Crippen LogP contribution in [0.4, 0.5) is 0 Å². The summed E-state index contributed by atoms with van der Waals surface area (Å²) in [6.45, 7) is 2.20. The number of hydrogen-bond donors (Lipinski definition) is 1. The first-order valence-corrected chi connectivity index (χ1v) is 5.11. The number of nitrogens with two attached hydrogens (primary N) is 1. The lowest BCUT2D eigenvalue weighted by Crippen LogP contribution is -2.16. The molecule has 5 heteroatoms. The summed E-state index contributed by atoms with van der Waals surface area (Å²) in [6.07, 6.45) is 0.255. The minimum Gasteiger partial charge on any atom is -0.466 e. The first-order chi connectivity index (χ1) is 6.24. The van der Waals surface area contributed by atoms with Crippen LogP contribution in [0.1, 0.15) is 24.9 Å². The van der Waals surface area contributed by atoms with Gasteiger partial charge < -0.3 is 10.5 Å². The molecule has 0 aromatic carbocycles. The highest BCUT2D eigenvalue weighted by Crippen LogP contribution is 2.17. The van der Waals surface area contributed by atoms with Crippen LogP contribution in [0, 0.1) is 0 Å². The molecule has 0 amide bonds. The summed E-state index contributed by atoms with van der Waals surface area (Å²) < 4.78 is 4.80. The van der Waals surface area contributed by atoms with Crippen LogP contribution >= 0.6 is 23.7 Å². The molecule has 0 bridgehead atoms. The molecule has 0 aliphatic rings. The van der Waals surface area contributed by atoms with E-state index < -0.39 is 0 Å². The van der Waals surface area contributed by atoms with E-state index in [0.717, 1.165) is 5.56 Å². The van der Waals surface area contributed by atoms with Crippen LogP contribution in [0.15, 0.2) is 16.8 Å². The van der Waals surface area contributed by atoms with Gasteiger partial charge in [0.1, 0.15) is 0 Å². The minimum atomic E-state index is -0.235. The van der Waals surface area contributed by atoms with Gasteiger partial charge in [-0.2, -0.15) is 11.3 Å². The van der Waals surface area contributed by atoms with Gasteiger partial charge in [-0.15, -0.1) is 12.4 Å². The standard InChI is InChI=1S/C9H13NO2S.ClH/c1-2-12-9(11)5-8(10)7-3-4-13-6-7;/h3-4,6,8H,2,5,10H2,1H3;1H/t8-;/m0./s1. The number of hydrogen-bond acceptors (Lipinski definition) is 4. The van der Waals surface area contributed by atoms with Gasteiger partial charge in [-0.3, -0.25) is 4.79 Å². The zero-order valence-electron chi connectivity index (χ0n) is 7.93. The van der Waals surface area contributed by atoms with E-state index in [1.54, 1.807) is 18.3 Å². The van der Waals surface area contributed by atoms with Crippen molar-refractivity contribution in [2.24, 2.45) is 5.73 Å². The Morgan fingerprint density at radius 2 is 2.43 bits per heavy atom. The van der Waals surface area contributed by atoms with Crippen molar-refractivity contribution in [1.29, 1.82) is 0 Å². The Morgan fingerprint density at radius 1 is 1.71 bits per heavy atom. The van der Waals surface area contributed by atoms with Gasteiger partial charge >= 0.3 is 5.97 Å². The highest BCUT2D eigenvalue weighted by molar-refractivity contribution is 7.07. The van der Waals surface area contributed by atoms with Crippen molar-refractivity contribution >= 4 is 29.7 Å². The number of carbonyl (C=O) groups is 1. The lowest BCUT2D eigenvalue weighted by Gasteiger charge is -2.08. The molecule has 14 heavy (non-hydrogen) atoms. The number of esters is 1. The zero-order valence-corrected chi connectivity index (χ0v) is 9.57.